The first-order valence-corrected chi connectivity index (χ1v) is 5.85. The van der Waals surface area contributed by atoms with E-state index in [2.05, 4.69) is 11.0 Å². The lowest BCUT2D eigenvalue weighted by molar-refractivity contribution is -0.117. The van der Waals surface area contributed by atoms with Crippen molar-refractivity contribution in [1.82, 2.24) is 4.90 Å². The Morgan fingerprint density at radius 3 is 2.50 bits per heavy atom. The number of nitrogens with zero attached hydrogens (tertiary/aromatic N) is 2. The zero-order chi connectivity index (χ0) is 12.3. The Morgan fingerprint density at radius 2 is 2.06 bits per heavy atom. The van der Waals surface area contributed by atoms with E-state index in [1.165, 1.54) is 0 Å². The van der Waals surface area contributed by atoms with Crippen molar-refractivity contribution in [2.45, 2.75) is 34.1 Å². The van der Waals surface area contributed by atoms with Gasteiger partial charge in [-0.3, -0.25) is 4.79 Å². The molecule has 0 heterocycles. The molecule has 0 spiro atoms. The van der Waals surface area contributed by atoms with E-state index < -0.39 is 0 Å². The van der Waals surface area contributed by atoms with E-state index in [0.717, 1.165) is 18.8 Å². The third-order valence-electron chi connectivity index (χ3n) is 3.27. The van der Waals surface area contributed by atoms with Crippen LogP contribution in [-0.2, 0) is 4.79 Å². The predicted octanol–water partition coefficient (Wildman–Crippen LogP) is 2.35. The average molecular weight is 220 g/mol. The van der Waals surface area contributed by atoms with Crippen LogP contribution in [0.1, 0.15) is 34.1 Å². The van der Waals surface area contributed by atoms with Crippen molar-refractivity contribution in [3.05, 3.63) is 11.8 Å². The molecule has 0 aliphatic heterocycles. The molecule has 1 atom stereocenters. The number of hydrogen-bond donors (Lipinski definition) is 0. The minimum atomic E-state index is -0.251. The summed E-state index contributed by atoms with van der Waals surface area (Å²) in [6.45, 7) is 9.76. The highest BCUT2D eigenvalue weighted by Crippen LogP contribution is 2.40. The van der Waals surface area contributed by atoms with Crippen molar-refractivity contribution >= 4 is 5.78 Å². The maximum absolute atomic E-state index is 11.7. The van der Waals surface area contributed by atoms with Crippen LogP contribution < -0.4 is 0 Å². The molecule has 0 aromatic heterocycles. The second-order valence-electron chi connectivity index (χ2n) is 4.94. The summed E-state index contributed by atoms with van der Waals surface area (Å²) in [6, 6.07) is 2.35. The first-order chi connectivity index (χ1) is 7.46. The van der Waals surface area contributed by atoms with Gasteiger partial charge < -0.3 is 4.90 Å². The Balaban J connectivity index is 3.13. The van der Waals surface area contributed by atoms with Crippen molar-refractivity contribution in [3.8, 4) is 6.07 Å². The third-order valence-corrected chi connectivity index (χ3v) is 3.27. The highest BCUT2D eigenvalue weighted by Gasteiger charge is 2.39. The number of carbonyl (C=O) groups excluding carboxylic acids is 1. The molecule has 1 aliphatic carbocycles. The van der Waals surface area contributed by atoms with E-state index in [0.29, 0.717) is 6.42 Å². The van der Waals surface area contributed by atoms with Crippen LogP contribution >= 0.6 is 0 Å². The van der Waals surface area contributed by atoms with E-state index in [1.807, 2.05) is 27.7 Å². The van der Waals surface area contributed by atoms with E-state index in [9.17, 15) is 10.1 Å². The molecule has 0 saturated carbocycles. The molecule has 0 radical (unpaired) electrons. The number of hydrogen-bond acceptors (Lipinski definition) is 3. The molecule has 88 valence electrons. The van der Waals surface area contributed by atoms with Crippen LogP contribution in [0.5, 0.6) is 0 Å². The van der Waals surface area contributed by atoms with Gasteiger partial charge in [-0.2, -0.15) is 5.26 Å². The highest BCUT2D eigenvalue weighted by atomic mass is 16.1. The van der Waals surface area contributed by atoms with Gasteiger partial charge in [0.05, 0.1) is 12.0 Å². The van der Waals surface area contributed by atoms with Crippen LogP contribution in [0.4, 0.5) is 0 Å². The second kappa shape index (κ2) is 4.69. The fraction of sp³-hybridized carbons (Fsp3) is 0.692. The molecule has 0 amide bonds. The number of carbonyl (C=O) groups is 1. The molecule has 16 heavy (non-hydrogen) atoms. The van der Waals surface area contributed by atoms with Crippen molar-refractivity contribution in [3.63, 3.8) is 0 Å². The summed E-state index contributed by atoms with van der Waals surface area (Å²) in [6.07, 6.45) is 2.13. The Morgan fingerprint density at radius 1 is 1.50 bits per heavy atom. The van der Waals surface area contributed by atoms with Crippen LogP contribution in [0.15, 0.2) is 11.8 Å². The Bertz CT molecular complexity index is 345. The summed E-state index contributed by atoms with van der Waals surface area (Å²) >= 11 is 0. The largest absolute Gasteiger partial charge is 0.374 e. The standard InChI is InChI=1S/C13H20N2O/c1-5-15(6-2)12-7-10(16)8-13(3,4)11(12)9-14/h7,11H,5-6,8H2,1-4H3. The molecule has 0 N–H and O–H groups in total. The maximum Gasteiger partial charge on any atom is 0.158 e. The Hall–Kier alpha value is -1.30. The SMILES string of the molecule is CCN(CC)C1=CC(=O)CC(C)(C)C1C#N. The van der Waals surface area contributed by atoms with Gasteiger partial charge in [0.2, 0.25) is 0 Å². The zero-order valence-corrected chi connectivity index (χ0v) is 10.6. The molecule has 0 aromatic rings. The number of allylic oxidation sites excluding steroid dienone is 2. The first-order valence-electron chi connectivity index (χ1n) is 5.85. The third kappa shape index (κ3) is 2.27. The Kier molecular flexibility index (Phi) is 3.74. The van der Waals surface area contributed by atoms with Crippen LogP contribution in [-0.4, -0.2) is 23.8 Å². The quantitative estimate of drug-likeness (QED) is 0.733. The summed E-state index contributed by atoms with van der Waals surface area (Å²) in [7, 11) is 0. The van der Waals surface area contributed by atoms with E-state index in [-0.39, 0.29) is 17.1 Å². The lowest BCUT2D eigenvalue weighted by Gasteiger charge is -2.38. The van der Waals surface area contributed by atoms with Gasteiger partial charge in [-0.05, 0) is 19.3 Å². The van der Waals surface area contributed by atoms with Gasteiger partial charge in [0.1, 0.15) is 0 Å². The molecule has 0 bridgehead atoms. The van der Waals surface area contributed by atoms with Crippen molar-refractivity contribution in [2.24, 2.45) is 11.3 Å². The zero-order valence-electron chi connectivity index (χ0n) is 10.6. The van der Waals surface area contributed by atoms with Crippen LogP contribution in [0.3, 0.4) is 0 Å². The Labute approximate surface area is 97.7 Å². The average Bonchev–Trinajstić information content (AvgIpc) is 2.17. The lowest BCUT2D eigenvalue weighted by atomic mass is 9.70. The van der Waals surface area contributed by atoms with Crippen molar-refractivity contribution in [1.29, 1.82) is 5.26 Å². The monoisotopic (exact) mass is 220 g/mol. The van der Waals surface area contributed by atoms with E-state index in [4.69, 9.17) is 0 Å². The molecular formula is C13H20N2O. The van der Waals surface area contributed by atoms with Gasteiger partial charge in [-0.1, -0.05) is 13.8 Å². The summed E-state index contributed by atoms with van der Waals surface area (Å²) in [5, 5.41) is 9.29. The molecule has 0 aromatic carbocycles. The summed E-state index contributed by atoms with van der Waals surface area (Å²) < 4.78 is 0. The second-order valence-corrected chi connectivity index (χ2v) is 4.94. The van der Waals surface area contributed by atoms with E-state index >= 15 is 0 Å². The van der Waals surface area contributed by atoms with Gasteiger partial charge in [0.15, 0.2) is 5.78 Å². The van der Waals surface area contributed by atoms with Crippen molar-refractivity contribution < 1.29 is 4.79 Å². The molecule has 1 aliphatic rings. The van der Waals surface area contributed by atoms with Crippen LogP contribution in [0, 0.1) is 22.7 Å². The topological polar surface area (TPSA) is 44.1 Å². The minimum absolute atomic E-state index is 0.137. The fourth-order valence-corrected chi connectivity index (χ4v) is 2.35. The van der Waals surface area contributed by atoms with Gasteiger partial charge in [-0.15, -0.1) is 0 Å². The van der Waals surface area contributed by atoms with Crippen molar-refractivity contribution in [2.75, 3.05) is 13.1 Å². The smallest absolute Gasteiger partial charge is 0.158 e. The van der Waals surface area contributed by atoms with Gasteiger partial charge in [0.25, 0.3) is 0 Å². The van der Waals surface area contributed by atoms with E-state index in [1.54, 1.807) is 6.08 Å². The number of nitriles is 1. The molecule has 0 fully saturated rings. The number of rotatable bonds is 3. The summed E-state index contributed by atoms with van der Waals surface area (Å²) in [5.41, 5.74) is 0.646. The van der Waals surface area contributed by atoms with Gasteiger partial charge in [0, 0.05) is 31.3 Å². The molecular weight excluding hydrogens is 200 g/mol. The molecule has 3 nitrogen and oxygen atoms in total. The maximum atomic E-state index is 11.7. The normalized spacial score (nSPS) is 23.6. The fourth-order valence-electron chi connectivity index (χ4n) is 2.35. The minimum Gasteiger partial charge on any atom is -0.374 e. The molecule has 3 heteroatoms. The van der Waals surface area contributed by atoms with Crippen LogP contribution in [0.25, 0.3) is 0 Å². The lowest BCUT2D eigenvalue weighted by Crippen LogP contribution is -2.38. The molecule has 0 saturated heterocycles. The predicted molar refractivity (Wildman–Crippen MR) is 63.5 cm³/mol. The van der Waals surface area contributed by atoms with Gasteiger partial charge >= 0.3 is 0 Å². The summed E-state index contributed by atoms with van der Waals surface area (Å²) in [4.78, 5) is 13.8. The molecule has 1 rings (SSSR count). The summed E-state index contributed by atoms with van der Waals surface area (Å²) in [5.74, 6) is -0.0384. The van der Waals surface area contributed by atoms with Crippen LogP contribution in [0.2, 0.25) is 0 Å². The molecule has 1 unspecified atom stereocenters. The van der Waals surface area contributed by atoms with Gasteiger partial charge in [-0.25, -0.2) is 0 Å². The number of ketones is 1. The first kappa shape index (κ1) is 12.8. The highest BCUT2D eigenvalue weighted by molar-refractivity contribution is 5.92.